The minimum absolute atomic E-state index is 0.0620. The number of hydrogen-bond acceptors (Lipinski definition) is 2. The van der Waals surface area contributed by atoms with Gasteiger partial charge in [0.2, 0.25) is 5.82 Å². The van der Waals surface area contributed by atoms with Crippen LogP contribution in [0.1, 0.15) is 23.2 Å². The molecular weight excluding hydrogens is 337 g/mol. The van der Waals surface area contributed by atoms with Crippen molar-refractivity contribution in [1.82, 2.24) is 5.32 Å². The Morgan fingerprint density at radius 3 is 1.91 bits per heavy atom. The monoisotopic (exact) mass is 355 g/mol. The van der Waals surface area contributed by atoms with E-state index in [1.54, 1.807) is 7.11 Å². The first-order valence-corrected chi connectivity index (χ1v) is 10.1. The highest BCUT2D eigenvalue weighted by molar-refractivity contribution is 6.71. The lowest BCUT2D eigenvalue weighted by Gasteiger charge is -2.19. The van der Waals surface area contributed by atoms with Gasteiger partial charge in [-0.3, -0.25) is 4.79 Å². The third-order valence-electron chi connectivity index (χ3n) is 3.48. The van der Waals surface area contributed by atoms with Gasteiger partial charge >= 0.3 is 0 Å². The number of hydrogen-bond donors (Lipinski definition) is 1. The smallest absolute Gasteiger partial charge is 0.257 e. The largest absolute Gasteiger partial charge is 0.420 e. The number of nitrogens with one attached hydrogen (secondary N) is 1. The summed E-state index contributed by atoms with van der Waals surface area (Å²) in [4.78, 5) is 11.7. The maximum absolute atomic E-state index is 13.4. The Kier molecular flexibility index (Phi) is 6.69. The Bertz CT molecular complexity index is 566. The minimum Gasteiger partial charge on any atom is -0.420 e. The molecule has 0 fully saturated rings. The average molecular weight is 355 g/mol. The number of rotatable bonds is 7. The van der Waals surface area contributed by atoms with E-state index in [0.717, 1.165) is 6.04 Å². The van der Waals surface area contributed by atoms with Crippen LogP contribution >= 0.6 is 0 Å². The van der Waals surface area contributed by atoms with E-state index >= 15 is 0 Å². The molecule has 0 saturated carbocycles. The molecule has 1 aromatic rings. The van der Waals surface area contributed by atoms with Crippen molar-refractivity contribution in [2.75, 3.05) is 13.7 Å². The number of benzene rings is 1. The summed E-state index contributed by atoms with van der Waals surface area (Å²) < 4.78 is 71.2. The van der Waals surface area contributed by atoms with Crippen molar-refractivity contribution in [1.29, 1.82) is 0 Å². The van der Waals surface area contributed by atoms with E-state index in [9.17, 15) is 26.7 Å². The minimum atomic E-state index is -2.29. The topological polar surface area (TPSA) is 38.3 Å². The van der Waals surface area contributed by atoms with Gasteiger partial charge in [0.1, 0.15) is 5.56 Å². The number of carbonyl (C=O) groups excluding carboxylic acids is 1. The normalized spacial score (nSPS) is 11.7. The molecule has 9 heteroatoms. The summed E-state index contributed by atoms with van der Waals surface area (Å²) >= 11 is 0. The molecule has 0 aliphatic heterocycles. The van der Waals surface area contributed by atoms with Gasteiger partial charge in [-0.2, -0.15) is 0 Å². The van der Waals surface area contributed by atoms with Crippen molar-refractivity contribution < 1.29 is 31.2 Å². The van der Waals surface area contributed by atoms with Gasteiger partial charge in [0.25, 0.3) is 5.91 Å². The first kappa shape index (κ1) is 19.6. The molecule has 0 heterocycles. The van der Waals surface area contributed by atoms with Gasteiger partial charge in [0, 0.05) is 13.7 Å². The Balaban J connectivity index is 2.67. The van der Waals surface area contributed by atoms with Crippen molar-refractivity contribution in [3.05, 3.63) is 34.6 Å². The Morgan fingerprint density at radius 2 is 1.43 bits per heavy atom. The molecule has 0 aromatic heterocycles. The molecule has 1 rings (SSSR count). The maximum atomic E-state index is 13.4. The molecule has 0 spiro atoms. The standard InChI is InChI=1S/C14H18F5NO2Si/c1-22-23(2,3)7-5-4-6-20-14(21)8-9(15)11(17)13(19)12(18)10(8)16/h4-7H2,1-3H3,(H,20,21). The third-order valence-corrected chi connectivity index (χ3v) is 6.14. The maximum Gasteiger partial charge on any atom is 0.257 e. The lowest BCUT2D eigenvalue weighted by molar-refractivity contribution is 0.0941. The fourth-order valence-corrected chi connectivity index (χ4v) is 3.18. The van der Waals surface area contributed by atoms with Gasteiger partial charge in [0.05, 0.1) is 0 Å². The molecule has 130 valence electrons. The van der Waals surface area contributed by atoms with E-state index in [0.29, 0.717) is 12.8 Å². The van der Waals surface area contributed by atoms with Crippen LogP contribution in [0, 0.1) is 29.1 Å². The highest BCUT2D eigenvalue weighted by atomic mass is 28.4. The second-order valence-electron chi connectivity index (χ2n) is 5.62. The summed E-state index contributed by atoms with van der Waals surface area (Å²) in [5.74, 6) is -12.2. The average Bonchev–Trinajstić information content (AvgIpc) is 2.50. The second-order valence-corrected chi connectivity index (χ2v) is 10.0. The van der Waals surface area contributed by atoms with Crippen molar-refractivity contribution in [3.8, 4) is 0 Å². The number of amides is 1. The van der Waals surface area contributed by atoms with Gasteiger partial charge < -0.3 is 9.74 Å². The molecule has 23 heavy (non-hydrogen) atoms. The van der Waals surface area contributed by atoms with Crippen molar-refractivity contribution in [2.45, 2.75) is 32.0 Å². The Hall–Kier alpha value is -1.48. The summed E-state index contributed by atoms with van der Waals surface area (Å²) in [6, 6.07) is 0.821. The molecule has 0 saturated heterocycles. The van der Waals surface area contributed by atoms with Crippen molar-refractivity contribution in [3.63, 3.8) is 0 Å². The molecule has 0 aliphatic carbocycles. The molecule has 0 unspecified atom stereocenters. The molecule has 1 N–H and O–H groups in total. The third kappa shape index (κ3) is 4.74. The van der Waals surface area contributed by atoms with Crippen LogP contribution in [-0.2, 0) is 4.43 Å². The van der Waals surface area contributed by atoms with Crippen LogP contribution < -0.4 is 5.32 Å². The summed E-state index contributed by atoms with van der Waals surface area (Å²) in [5, 5.41) is 2.16. The Labute approximate surface area is 132 Å². The molecule has 3 nitrogen and oxygen atoms in total. The zero-order valence-electron chi connectivity index (χ0n) is 13.0. The first-order chi connectivity index (χ1) is 10.6. The fourth-order valence-electron chi connectivity index (χ4n) is 1.87. The van der Waals surface area contributed by atoms with Gasteiger partial charge in [-0.25, -0.2) is 22.0 Å². The first-order valence-electron chi connectivity index (χ1n) is 6.97. The van der Waals surface area contributed by atoms with Crippen LogP contribution in [0.3, 0.4) is 0 Å². The van der Waals surface area contributed by atoms with E-state index in [1.165, 1.54) is 0 Å². The fraction of sp³-hybridized carbons (Fsp3) is 0.500. The second kappa shape index (κ2) is 7.87. The molecule has 1 aromatic carbocycles. The highest BCUT2D eigenvalue weighted by Crippen LogP contribution is 2.23. The van der Waals surface area contributed by atoms with Crippen LogP contribution in [0.5, 0.6) is 0 Å². The van der Waals surface area contributed by atoms with E-state index in [4.69, 9.17) is 4.43 Å². The molecule has 0 bridgehead atoms. The predicted molar refractivity (Wildman–Crippen MR) is 77.1 cm³/mol. The summed E-state index contributed by atoms with van der Waals surface area (Å²) in [7, 11) is -0.109. The zero-order valence-corrected chi connectivity index (χ0v) is 14.0. The quantitative estimate of drug-likeness (QED) is 0.266. The van der Waals surface area contributed by atoms with Crippen LogP contribution in [0.25, 0.3) is 0 Å². The lowest BCUT2D eigenvalue weighted by Crippen LogP contribution is -2.30. The van der Waals surface area contributed by atoms with Gasteiger partial charge in [0.15, 0.2) is 31.6 Å². The van der Waals surface area contributed by atoms with Gasteiger partial charge in [-0.15, -0.1) is 0 Å². The van der Waals surface area contributed by atoms with Gasteiger partial charge in [-0.1, -0.05) is 6.42 Å². The number of halogens is 5. The van der Waals surface area contributed by atoms with Crippen LogP contribution in [-0.4, -0.2) is 27.9 Å². The van der Waals surface area contributed by atoms with Crippen molar-refractivity contribution >= 4 is 14.2 Å². The molecule has 0 radical (unpaired) electrons. The predicted octanol–water partition coefficient (Wildman–Crippen LogP) is 3.74. The van der Waals surface area contributed by atoms with Gasteiger partial charge in [-0.05, 0) is 25.6 Å². The molecule has 0 atom stereocenters. The SMILES string of the molecule is CO[Si](C)(C)CCCCNC(=O)c1c(F)c(F)c(F)c(F)c1F. The zero-order chi connectivity index (χ0) is 17.8. The van der Waals surface area contributed by atoms with E-state index in [1.807, 2.05) is 13.1 Å². The van der Waals surface area contributed by atoms with Crippen LogP contribution in [0.2, 0.25) is 19.1 Å². The van der Waals surface area contributed by atoms with Crippen LogP contribution in [0.15, 0.2) is 0 Å². The highest BCUT2D eigenvalue weighted by Gasteiger charge is 2.29. The summed E-state index contributed by atoms with van der Waals surface area (Å²) in [6.45, 7) is 4.09. The van der Waals surface area contributed by atoms with E-state index in [-0.39, 0.29) is 6.54 Å². The molecule has 0 aliphatic rings. The number of unbranched alkanes of at least 4 members (excludes halogenated alkanes) is 1. The summed E-state index contributed by atoms with van der Waals surface area (Å²) in [6.07, 6.45) is 1.21. The summed E-state index contributed by atoms with van der Waals surface area (Å²) in [5.41, 5.74) is -1.46. The van der Waals surface area contributed by atoms with E-state index in [2.05, 4.69) is 5.32 Å². The Morgan fingerprint density at radius 1 is 0.957 bits per heavy atom. The number of carbonyl (C=O) groups is 1. The molecule has 1 amide bonds. The van der Waals surface area contributed by atoms with E-state index < -0.39 is 48.9 Å². The lowest BCUT2D eigenvalue weighted by atomic mass is 10.1. The van der Waals surface area contributed by atoms with Crippen molar-refractivity contribution in [2.24, 2.45) is 0 Å². The molecular formula is C14H18F5NO2Si. The van der Waals surface area contributed by atoms with Crippen LogP contribution in [0.4, 0.5) is 22.0 Å².